The summed E-state index contributed by atoms with van der Waals surface area (Å²) in [5.41, 5.74) is 5.83. The first-order valence-electron chi connectivity index (χ1n) is 6.29. The Balaban J connectivity index is 2.34. The van der Waals surface area contributed by atoms with Crippen LogP contribution in [0.5, 0.6) is 0 Å². The van der Waals surface area contributed by atoms with E-state index in [4.69, 9.17) is 0 Å². The first-order chi connectivity index (χ1) is 8.61. The molecule has 2 aromatic rings. The van der Waals surface area contributed by atoms with E-state index in [1.807, 2.05) is 6.92 Å². The number of aromatic nitrogens is 1. The van der Waals surface area contributed by atoms with Crippen molar-refractivity contribution >= 4 is 12.6 Å². The smallest absolute Gasteiger partial charge is 0.0705 e. The van der Waals surface area contributed by atoms with Crippen molar-refractivity contribution < 1.29 is 0 Å². The maximum absolute atomic E-state index is 4.64. The molecule has 0 atom stereocenters. The molecule has 18 heavy (non-hydrogen) atoms. The highest BCUT2D eigenvalue weighted by molar-refractivity contribution is 7.79. The summed E-state index contributed by atoms with van der Waals surface area (Å²) in [5.74, 6) is 1.31. The highest BCUT2D eigenvalue weighted by Crippen LogP contribution is 2.22. The van der Waals surface area contributed by atoms with Crippen molar-refractivity contribution in [2.75, 3.05) is 0 Å². The Morgan fingerprint density at radius 1 is 1.06 bits per heavy atom. The Bertz CT molecular complexity index is 529. The average Bonchev–Trinajstić information content (AvgIpc) is 2.38. The normalized spacial score (nSPS) is 10.9. The van der Waals surface area contributed by atoms with Crippen molar-refractivity contribution in [2.24, 2.45) is 0 Å². The summed E-state index contributed by atoms with van der Waals surface area (Å²) >= 11 is 4.30. The fraction of sp³-hybridized carbons (Fsp3) is 0.312. The van der Waals surface area contributed by atoms with Gasteiger partial charge in [0, 0.05) is 17.0 Å². The summed E-state index contributed by atoms with van der Waals surface area (Å²) in [7, 11) is 0. The number of nitrogens with zero attached hydrogens (tertiary/aromatic N) is 1. The summed E-state index contributed by atoms with van der Waals surface area (Å²) in [5, 5.41) is 0. The van der Waals surface area contributed by atoms with E-state index >= 15 is 0 Å². The van der Waals surface area contributed by atoms with Gasteiger partial charge in [0.1, 0.15) is 0 Å². The molecule has 0 N–H and O–H groups in total. The third-order valence-corrected chi connectivity index (χ3v) is 3.58. The van der Waals surface area contributed by atoms with Crippen molar-refractivity contribution in [1.82, 2.24) is 4.98 Å². The van der Waals surface area contributed by atoms with Gasteiger partial charge >= 0.3 is 0 Å². The number of rotatable bonds is 3. The second-order valence-corrected chi connectivity index (χ2v) is 5.19. The molecule has 0 unspecified atom stereocenters. The van der Waals surface area contributed by atoms with E-state index in [0.717, 1.165) is 17.1 Å². The van der Waals surface area contributed by atoms with Crippen LogP contribution in [0.4, 0.5) is 0 Å². The zero-order valence-corrected chi connectivity index (χ0v) is 12.0. The molecule has 0 aliphatic carbocycles. The van der Waals surface area contributed by atoms with E-state index in [-0.39, 0.29) is 0 Å². The van der Waals surface area contributed by atoms with E-state index in [0.29, 0.717) is 5.92 Å². The van der Waals surface area contributed by atoms with Gasteiger partial charge in [-0.2, -0.15) is 12.6 Å². The number of hydrogen-bond acceptors (Lipinski definition) is 2. The van der Waals surface area contributed by atoms with E-state index in [2.05, 4.69) is 67.9 Å². The van der Waals surface area contributed by atoms with Crippen LogP contribution in [0, 0.1) is 6.92 Å². The van der Waals surface area contributed by atoms with Crippen molar-refractivity contribution in [1.29, 1.82) is 0 Å². The Morgan fingerprint density at radius 3 is 2.22 bits per heavy atom. The maximum Gasteiger partial charge on any atom is 0.0705 e. The van der Waals surface area contributed by atoms with E-state index < -0.39 is 0 Å². The van der Waals surface area contributed by atoms with Gasteiger partial charge < -0.3 is 0 Å². The predicted molar refractivity (Wildman–Crippen MR) is 81.2 cm³/mol. The van der Waals surface area contributed by atoms with Gasteiger partial charge in [-0.3, -0.25) is 4.98 Å². The average molecular weight is 257 g/mol. The molecular formula is C16H19NS. The van der Waals surface area contributed by atoms with Gasteiger partial charge in [0.25, 0.3) is 0 Å². The first kappa shape index (κ1) is 13.2. The third kappa shape index (κ3) is 2.75. The molecule has 2 heteroatoms. The summed E-state index contributed by atoms with van der Waals surface area (Å²) in [6, 6.07) is 12.9. The van der Waals surface area contributed by atoms with Crippen molar-refractivity contribution in [2.45, 2.75) is 32.4 Å². The highest BCUT2D eigenvalue weighted by Gasteiger charge is 2.04. The molecule has 2 rings (SSSR count). The van der Waals surface area contributed by atoms with Crippen LogP contribution < -0.4 is 0 Å². The lowest BCUT2D eigenvalue weighted by Gasteiger charge is -2.08. The van der Waals surface area contributed by atoms with Crippen LogP contribution in [0.15, 0.2) is 36.4 Å². The fourth-order valence-corrected chi connectivity index (χ4v) is 2.29. The molecule has 1 heterocycles. The quantitative estimate of drug-likeness (QED) is 0.792. The van der Waals surface area contributed by atoms with Gasteiger partial charge in [-0.05, 0) is 30.0 Å². The first-order valence-corrected chi connectivity index (χ1v) is 6.92. The van der Waals surface area contributed by atoms with Gasteiger partial charge in [0.2, 0.25) is 0 Å². The van der Waals surface area contributed by atoms with Gasteiger partial charge in [-0.25, -0.2) is 0 Å². The van der Waals surface area contributed by atoms with Crippen LogP contribution in [0.3, 0.4) is 0 Å². The zero-order chi connectivity index (χ0) is 13.1. The minimum Gasteiger partial charge on any atom is -0.253 e. The molecule has 1 nitrogen and oxygen atoms in total. The lowest BCUT2D eigenvalue weighted by atomic mass is 10.0. The molecule has 0 aliphatic rings. The number of thiol groups is 1. The fourth-order valence-electron chi connectivity index (χ4n) is 1.96. The second kappa shape index (κ2) is 5.57. The molecule has 0 aliphatic heterocycles. The van der Waals surface area contributed by atoms with Crippen molar-refractivity contribution in [3.63, 3.8) is 0 Å². The molecule has 0 fully saturated rings. The largest absolute Gasteiger partial charge is 0.253 e. The molecule has 0 spiro atoms. The number of benzene rings is 1. The number of aryl methyl sites for hydroxylation is 1. The van der Waals surface area contributed by atoms with Crippen LogP contribution in [-0.4, -0.2) is 4.98 Å². The van der Waals surface area contributed by atoms with Crippen LogP contribution in [0.25, 0.3) is 11.3 Å². The summed E-state index contributed by atoms with van der Waals surface area (Å²) in [4.78, 5) is 4.64. The maximum atomic E-state index is 4.64. The lowest BCUT2D eigenvalue weighted by Crippen LogP contribution is -1.93. The molecule has 0 radical (unpaired) electrons. The van der Waals surface area contributed by atoms with Gasteiger partial charge in [-0.15, -0.1) is 0 Å². The monoisotopic (exact) mass is 257 g/mol. The molecule has 0 bridgehead atoms. The molecular weight excluding hydrogens is 238 g/mol. The van der Waals surface area contributed by atoms with Crippen molar-refractivity contribution in [3.05, 3.63) is 53.2 Å². The molecule has 0 saturated carbocycles. The molecule has 0 saturated heterocycles. The van der Waals surface area contributed by atoms with Gasteiger partial charge in [0.05, 0.1) is 5.69 Å². The lowest BCUT2D eigenvalue weighted by molar-refractivity contribution is 0.867. The summed E-state index contributed by atoms with van der Waals surface area (Å²) < 4.78 is 0. The minimum atomic E-state index is 0.570. The van der Waals surface area contributed by atoms with Gasteiger partial charge in [-0.1, -0.05) is 44.2 Å². The van der Waals surface area contributed by atoms with Crippen LogP contribution in [0.2, 0.25) is 0 Å². The SMILES string of the molecule is Cc1nc(-c2ccc(C(C)C)cc2)ccc1CS. The summed E-state index contributed by atoms with van der Waals surface area (Å²) in [6.07, 6.45) is 0. The Labute approximate surface area is 115 Å². The molecule has 1 aromatic carbocycles. The Kier molecular flexibility index (Phi) is 4.07. The van der Waals surface area contributed by atoms with E-state index in [9.17, 15) is 0 Å². The van der Waals surface area contributed by atoms with Gasteiger partial charge in [0.15, 0.2) is 0 Å². The van der Waals surface area contributed by atoms with Crippen LogP contribution in [-0.2, 0) is 5.75 Å². The van der Waals surface area contributed by atoms with Crippen LogP contribution >= 0.6 is 12.6 Å². The predicted octanol–water partition coefficient (Wildman–Crippen LogP) is 4.61. The standard InChI is InChI=1S/C16H19NS/c1-11(2)13-4-6-14(7-5-13)16-9-8-15(10-18)12(3)17-16/h4-9,11,18H,10H2,1-3H3. The number of hydrogen-bond donors (Lipinski definition) is 1. The Morgan fingerprint density at radius 2 is 1.72 bits per heavy atom. The van der Waals surface area contributed by atoms with E-state index in [1.165, 1.54) is 16.7 Å². The van der Waals surface area contributed by atoms with E-state index in [1.54, 1.807) is 0 Å². The topological polar surface area (TPSA) is 12.9 Å². The molecule has 1 aromatic heterocycles. The summed E-state index contributed by atoms with van der Waals surface area (Å²) in [6.45, 7) is 6.45. The third-order valence-electron chi connectivity index (χ3n) is 3.24. The van der Waals surface area contributed by atoms with Crippen LogP contribution in [0.1, 0.15) is 36.6 Å². The molecule has 0 amide bonds. The minimum absolute atomic E-state index is 0.570. The Hall–Kier alpha value is -1.28. The molecule has 94 valence electrons. The van der Waals surface area contributed by atoms with Crippen molar-refractivity contribution in [3.8, 4) is 11.3 Å². The highest BCUT2D eigenvalue weighted by atomic mass is 32.1. The zero-order valence-electron chi connectivity index (χ0n) is 11.1. The number of pyridine rings is 1. The second-order valence-electron chi connectivity index (χ2n) is 4.88.